The number of nitrogens with one attached hydrogen (secondary N) is 12. The number of primary amides is 1. The largest absolute Gasteiger partial charge is 0.508 e. The lowest BCUT2D eigenvalue weighted by molar-refractivity contribution is -0.149. The molecule has 9 rings (SSSR count). The molecule has 141 heavy (non-hydrogen) atoms. The van der Waals surface area contributed by atoms with Crippen molar-refractivity contribution in [3.63, 3.8) is 0 Å². The third-order valence-corrected chi connectivity index (χ3v) is 26.4. The topological polar surface area (TPSA) is 615 Å². The normalized spacial score (nSPS) is 24.2. The van der Waals surface area contributed by atoms with Crippen molar-refractivity contribution < 1.29 is 102 Å². The number of hydrogen-bond donors (Lipinski definition) is 18. The van der Waals surface area contributed by atoms with E-state index in [9.17, 15) is 63.3 Å². The Morgan fingerprint density at radius 3 is 1.74 bits per heavy atom. The van der Waals surface area contributed by atoms with Gasteiger partial charge in [0.05, 0.1) is 24.8 Å². The van der Waals surface area contributed by atoms with Crippen LogP contribution in [0.5, 0.6) is 5.75 Å². The summed E-state index contributed by atoms with van der Waals surface area (Å²) in [6, 6.07) is 6.75. The standard InChI is InChI=1S/C98H137N21O21S/c1-11-13-28-77-91(133)107-68(39-55(3)4)88(130)113-75(86(128)104-49-82(123)103-47-59-23-16-15-17-24-59)53-141-54-83(124)105-71(41-58-32-34-62(120)35-33-58)94(136)114(8)57(7)85(127)109-73(45-81(101)122)96(138)118-38-22-31-78(118)92(134)112-74(46-100)90(132)110-70(40-56(5)6)97(139)119-51-63(121)44-80(119)93(135)108-69(42-60-48-102-66-27-20-18-25-64(60)66)89(131)106-67(36-37-99)87(129)111-72(95(137)116(10)79(29-14-12-2)98(140)115(77)9)43-61-50-117(52-84(125)126)76-30-21-19-26-65(61)76/h15-21,23-27,30,32-35,48,50,55-57,63,67-75,77-80,102,120-121H,11-14,22,28-29,31,36-47,49,51-54,99-100H2,1-10H3,(H2,101,122)(H,103,123)(H,104,128)(H,105,124)(H,106,131)(H,107,133)(H,108,135)(H,109,127)(H,110,132)(H,111,129)(H,112,134)(H,113,130)(H,125,126)/t57-,63+,67-,68-,69-,70-,71-,72?,73-,74-,75-,77-,78-,79-,80-/m0/s1. The SMILES string of the molecule is CCCC[C@H]1C(=O)N(C)[C@@H](CCCC)C(=O)N[C@@H](CC(C)C)C(=O)N[C@H](C(=O)NCC(=O)NCc2ccccc2)CSCC(=O)N[C@@H](Cc2ccc(O)cc2)C(=O)N(C)[C@@H](C)C(=O)N[C@@H](CC(N)=O)C(=O)N2CCC[C@H]2C(=O)N[C@@H](CN)C(=O)N[C@@H](CC(C)C)C(=O)N2C[C@H](O)C[C@H]2C(=O)N[C@@H](Cc2c[nH]c3ccccc23)C(=O)N[C@@H](CCN)C(=O)NC(Cc2cn(CC(=O)O)c3ccccc23)C(=O)N1C. The molecule has 0 aliphatic carbocycles. The molecule has 5 heterocycles. The second-order valence-electron chi connectivity index (χ2n) is 37.1. The molecule has 2 aromatic heterocycles. The number of aliphatic hydroxyl groups excluding tert-OH is 1. The maximum atomic E-state index is 16.0. The van der Waals surface area contributed by atoms with E-state index in [-0.39, 0.29) is 108 Å². The molecule has 0 saturated carbocycles. The molecule has 766 valence electrons. The van der Waals surface area contributed by atoms with Crippen molar-refractivity contribution in [3.05, 3.63) is 138 Å². The van der Waals surface area contributed by atoms with Crippen LogP contribution >= 0.6 is 11.8 Å². The zero-order valence-corrected chi connectivity index (χ0v) is 82.3. The number of aromatic nitrogens is 2. The highest BCUT2D eigenvalue weighted by molar-refractivity contribution is 8.00. The van der Waals surface area contributed by atoms with Crippen molar-refractivity contribution in [3.8, 4) is 5.75 Å². The van der Waals surface area contributed by atoms with Crippen molar-refractivity contribution in [2.75, 3.05) is 65.4 Å². The fourth-order valence-electron chi connectivity index (χ4n) is 17.7. The van der Waals surface area contributed by atoms with Crippen LogP contribution in [-0.4, -0.2) is 312 Å². The van der Waals surface area contributed by atoms with E-state index in [2.05, 4.69) is 63.5 Å². The number of carbonyl (C=O) groups excluding carboxylic acids is 17. The number of thioether (sulfide) groups is 1. The molecule has 3 aliphatic rings. The highest BCUT2D eigenvalue weighted by atomic mass is 32.2. The first-order valence-electron chi connectivity index (χ1n) is 47.9. The number of nitrogens with two attached hydrogens (primary N) is 3. The smallest absolute Gasteiger partial charge is 0.323 e. The zero-order valence-electron chi connectivity index (χ0n) is 81.5. The molecule has 6 aromatic rings. The number of benzene rings is 4. The molecular weight excluding hydrogens is 1840 g/mol. The molecule has 0 radical (unpaired) electrons. The summed E-state index contributed by atoms with van der Waals surface area (Å²) in [5.74, 6) is -18.4. The Morgan fingerprint density at radius 2 is 1.09 bits per heavy atom. The van der Waals surface area contributed by atoms with Gasteiger partial charge >= 0.3 is 5.97 Å². The molecule has 0 bridgehead atoms. The second kappa shape index (κ2) is 53.2. The average molecular weight is 1980 g/mol. The second-order valence-corrected chi connectivity index (χ2v) is 38.1. The van der Waals surface area contributed by atoms with Crippen molar-refractivity contribution in [2.45, 2.75) is 255 Å². The first-order valence-corrected chi connectivity index (χ1v) is 49.1. The van der Waals surface area contributed by atoms with E-state index in [1.165, 1.54) is 68.0 Å². The zero-order chi connectivity index (χ0) is 103. The van der Waals surface area contributed by atoms with Gasteiger partial charge in [0, 0.05) is 113 Å². The number of H-pyrrole nitrogens is 1. The number of unbranched alkanes of at least 4 members (excludes halogenated alkanes) is 2. The molecule has 15 atom stereocenters. The van der Waals surface area contributed by atoms with Gasteiger partial charge in [-0.25, -0.2) is 0 Å². The Bertz CT molecular complexity index is 5430. The van der Waals surface area contributed by atoms with Crippen LogP contribution in [0.4, 0.5) is 0 Å². The number of phenols is 1. The van der Waals surface area contributed by atoms with E-state index in [0.29, 0.717) is 64.2 Å². The van der Waals surface area contributed by atoms with E-state index in [1.807, 2.05) is 13.8 Å². The fraction of sp³-hybridized carbons (Fsp3) is 0.531. The summed E-state index contributed by atoms with van der Waals surface area (Å²) < 4.78 is 1.45. The predicted octanol–water partition coefficient (Wildman–Crippen LogP) is -0.408. The molecule has 3 aliphatic heterocycles. The summed E-state index contributed by atoms with van der Waals surface area (Å²) in [6.45, 7) is 9.50. The molecular formula is C98H137N21O21S. The van der Waals surface area contributed by atoms with Crippen LogP contribution in [0.15, 0.2) is 116 Å². The number of hydrogen-bond acceptors (Lipinski definition) is 23. The number of carboxylic acids is 1. The Hall–Kier alpha value is -13.6. The minimum atomic E-state index is -1.77. The number of aromatic hydroxyl groups is 1. The quantitative estimate of drug-likeness (QED) is 0.0297. The summed E-state index contributed by atoms with van der Waals surface area (Å²) in [7, 11) is 3.94. The molecule has 17 amide bonds. The summed E-state index contributed by atoms with van der Waals surface area (Å²) >= 11 is 0.808. The first-order chi connectivity index (χ1) is 67.1. The lowest BCUT2D eigenvalue weighted by atomic mass is 9.99. The van der Waals surface area contributed by atoms with Gasteiger partial charge in [-0.05, 0) is 117 Å². The van der Waals surface area contributed by atoms with Crippen LogP contribution in [0.25, 0.3) is 21.8 Å². The lowest BCUT2D eigenvalue weighted by Crippen LogP contribution is -2.62. The minimum absolute atomic E-state index is 0.00172. The highest BCUT2D eigenvalue weighted by Crippen LogP contribution is 2.29. The van der Waals surface area contributed by atoms with Crippen molar-refractivity contribution in [2.24, 2.45) is 29.0 Å². The van der Waals surface area contributed by atoms with Crippen LogP contribution in [0, 0.1) is 11.8 Å². The molecule has 21 N–H and O–H groups in total. The predicted molar refractivity (Wildman–Crippen MR) is 524 cm³/mol. The molecule has 3 fully saturated rings. The van der Waals surface area contributed by atoms with Gasteiger partial charge in [0.2, 0.25) is 100 Å². The maximum Gasteiger partial charge on any atom is 0.323 e. The van der Waals surface area contributed by atoms with Gasteiger partial charge in [0.1, 0.15) is 96.9 Å². The summed E-state index contributed by atoms with van der Waals surface area (Å²) in [5, 5.41) is 62.7. The van der Waals surface area contributed by atoms with E-state index in [0.717, 1.165) is 36.9 Å². The number of para-hydroxylation sites is 2. The summed E-state index contributed by atoms with van der Waals surface area (Å²) in [6.07, 6.45) is 0.953. The maximum absolute atomic E-state index is 16.0. The summed E-state index contributed by atoms with van der Waals surface area (Å²) in [4.78, 5) is 274. The Balaban J connectivity index is 1.11. The number of nitrogens with zero attached hydrogens (tertiary/aromatic N) is 6. The lowest BCUT2D eigenvalue weighted by Gasteiger charge is -2.36. The van der Waals surface area contributed by atoms with Crippen LogP contribution < -0.4 is 75.7 Å². The Kier molecular flexibility index (Phi) is 41.9. The minimum Gasteiger partial charge on any atom is -0.508 e. The molecule has 42 nitrogen and oxygen atoms in total. The summed E-state index contributed by atoms with van der Waals surface area (Å²) in [5.41, 5.74) is 21.3. The number of likely N-dealkylation sites (N-methyl/N-ethyl adjacent to an activating group) is 3. The average Bonchev–Trinajstić information content (AvgIpc) is 1.67. The van der Waals surface area contributed by atoms with Gasteiger partial charge in [0.15, 0.2) is 0 Å². The number of rotatable bonds is 28. The van der Waals surface area contributed by atoms with E-state index in [1.54, 1.807) is 113 Å². The number of aliphatic carboxylic acids is 1. The molecule has 3 saturated heterocycles. The third-order valence-electron chi connectivity index (χ3n) is 25.4. The van der Waals surface area contributed by atoms with Crippen LogP contribution in [-0.2, 0) is 119 Å². The third kappa shape index (κ3) is 31.2. The van der Waals surface area contributed by atoms with Crippen LogP contribution in [0.1, 0.15) is 154 Å². The van der Waals surface area contributed by atoms with Gasteiger partial charge in [-0.2, -0.15) is 0 Å². The number of carboxylic acid groups (broad SMARTS) is 1. The Morgan fingerprint density at radius 1 is 0.532 bits per heavy atom. The number of fused-ring (bicyclic) bond motifs is 4. The number of phenolic OH excluding ortho intramolecular Hbond substituents is 1. The van der Waals surface area contributed by atoms with Crippen molar-refractivity contribution in [1.29, 1.82) is 0 Å². The van der Waals surface area contributed by atoms with Gasteiger partial charge in [-0.15, -0.1) is 11.8 Å². The van der Waals surface area contributed by atoms with Gasteiger partial charge in [-0.3, -0.25) is 86.3 Å². The van der Waals surface area contributed by atoms with E-state index >= 15 is 38.4 Å². The molecule has 1 unspecified atom stereocenters. The monoisotopic (exact) mass is 1980 g/mol. The Labute approximate surface area is 822 Å². The van der Waals surface area contributed by atoms with E-state index < -0.39 is 241 Å². The fourth-order valence-corrected chi connectivity index (χ4v) is 18.5. The molecule has 4 aromatic carbocycles. The molecule has 43 heteroatoms. The van der Waals surface area contributed by atoms with E-state index in [4.69, 9.17) is 17.2 Å². The van der Waals surface area contributed by atoms with Gasteiger partial charge in [-0.1, -0.05) is 146 Å². The first kappa shape index (κ1) is 111. The van der Waals surface area contributed by atoms with Gasteiger partial charge < -0.3 is 125 Å². The van der Waals surface area contributed by atoms with Crippen molar-refractivity contribution in [1.82, 2.24) is 92.5 Å². The number of aromatic amines is 1. The van der Waals surface area contributed by atoms with Crippen molar-refractivity contribution >= 4 is 140 Å². The number of carbonyl (C=O) groups is 18. The van der Waals surface area contributed by atoms with Crippen LogP contribution in [0.2, 0.25) is 0 Å². The molecule has 0 spiro atoms. The highest BCUT2D eigenvalue weighted by Gasteiger charge is 2.47. The van der Waals surface area contributed by atoms with Gasteiger partial charge in [0.25, 0.3) is 0 Å². The van der Waals surface area contributed by atoms with Crippen LogP contribution in [0.3, 0.4) is 0 Å². The number of aliphatic hydroxyl groups is 1. The number of amides is 17.